The van der Waals surface area contributed by atoms with E-state index in [1.54, 1.807) is 12.1 Å². The van der Waals surface area contributed by atoms with Gasteiger partial charge in [-0.15, -0.1) is 0 Å². The van der Waals surface area contributed by atoms with Crippen LogP contribution in [0.15, 0.2) is 36.4 Å². The summed E-state index contributed by atoms with van der Waals surface area (Å²) in [7, 11) is 0. The first-order valence-corrected chi connectivity index (χ1v) is 8.19. The minimum atomic E-state index is -4.61. The van der Waals surface area contributed by atoms with E-state index in [1.807, 2.05) is 6.07 Å². The molecular weight excluding hydrogens is 369 g/mol. The molecular formula is C18H14ClF3N2O2. The Bertz CT molecular complexity index is 881. The number of halogens is 4. The van der Waals surface area contributed by atoms with E-state index in [9.17, 15) is 22.8 Å². The van der Waals surface area contributed by atoms with Gasteiger partial charge in [-0.1, -0.05) is 23.7 Å². The third-order valence-corrected chi connectivity index (χ3v) is 4.42. The molecule has 0 unspecified atom stereocenters. The Morgan fingerprint density at radius 2 is 1.85 bits per heavy atom. The van der Waals surface area contributed by atoms with Gasteiger partial charge in [0.05, 0.1) is 10.6 Å². The molecule has 0 aliphatic heterocycles. The Kier molecular flexibility index (Phi) is 4.91. The molecule has 0 saturated carbocycles. The highest BCUT2D eigenvalue weighted by molar-refractivity contribution is 6.31. The van der Waals surface area contributed by atoms with Crippen LogP contribution in [0.25, 0.3) is 0 Å². The molecule has 2 N–H and O–H groups in total. The number of urea groups is 1. The van der Waals surface area contributed by atoms with E-state index in [-0.39, 0.29) is 11.5 Å². The minimum absolute atomic E-state index is 0.0285. The van der Waals surface area contributed by atoms with Gasteiger partial charge in [-0.3, -0.25) is 4.79 Å². The molecule has 0 atom stereocenters. The Hall–Kier alpha value is -2.54. The molecule has 2 aromatic carbocycles. The number of Topliss-reactive ketones (excluding diaryl/α,β-unsaturated/α-hetero) is 1. The third-order valence-electron chi connectivity index (χ3n) is 4.09. The van der Waals surface area contributed by atoms with Gasteiger partial charge in [0.1, 0.15) is 5.78 Å². The zero-order valence-electron chi connectivity index (χ0n) is 13.4. The Morgan fingerprint density at radius 3 is 2.58 bits per heavy atom. The monoisotopic (exact) mass is 382 g/mol. The van der Waals surface area contributed by atoms with E-state index in [0.717, 1.165) is 23.3 Å². The second-order valence-corrected chi connectivity index (χ2v) is 6.34. The summed E-state index contributed by atoms with van der Waals surface area (Å²) >= 11 is 5.56. The molecule has 136 valence electrons. The number of amides is 2. The van der Waals surface area contributed by atoms with Gasteiger partial charge >= 0.3 is 12.2 Å². The lowest BCUT2D eigenvalue weighted by molar-refractivity contribution is -0.137. The van der Waals surface area contributed by atoms with Gasteiger partial charge in [0.15, 0.2) is 0 Å². The number of hydrogen-bond donors (Lipinski definition) is 2. The van der Waals surface area contributed by atoms with Gasteiger partial charge in [0.25, 0.3) is 0 Å². The molecule has 26 heavy (non-hydrogen) atoms. The highest BCUT2D eigenvalue weighted by atomic mass is 35.5. The van der Waals surface area contributed by atoms with Crippen molar-refractivity contribution in [1.29, 1.82) is 0 Å². The predicted octanol–water partition coefficient (Wildman–Crippen LogP) is 5.06. The second kappa shape index (κ2) is 6.99. The van der Waals surface area contributed by atoms with Crippen molar-refractivity contribution in [2.75, 3.05) is 10.6 Å². The van der Waals surface area contributed by atoms with Crippen molar-refractivity contribution >= 4 is 34.8 Å². The van der Waals surface area contributed by atoms with Crippen molar-refractivity contribution in [3.8, 4) is 0 Å². The first-order chi connectivity index (χ1) is 12.2. The summed E-state index contributed by atoms with van der Waals surface area (Å²) in [6, 6.07) is 7.71. The average Bonchev–Trinajstić information content (AvgIpc) is 2.55. The van der Waals surface area contributed by atoms with Gasteiger partial charge in [-0.05, 0) is 41.8 Å². The molecule has 0 heterocycles. The highest BCUT2D eigenvalue weighted by Crippen LogP contribution is 2.36. The number of fused-ring (bicyclic) bond motifs is 1. The van der Waals surface area contributed by atoms with Crippen LogP contribution in [0, 0.1) is 0 Å². The van der Waals surface area contributed by atoms with Crippen LogP contribution in [0.1, 0.15) is 23.1 Å². The first kappa shape index (κ1) is 18.3. The Morgan fingerprint density at radius 1 is 1.08 bits per heavy atom. The SMILES string of the molecule is O=C1CCc2c(cccc2NC(=O)Nc2ccc(Cl)c(C(F)(F)F)c2)C1. The number of hydrogen-bond acceptors (Lipinski definition) is 2. The maximum absolute atomic E-state index is 12.9. The number of carbonyl (C=O) groups is 2. The summed E-state index contributed by atoms with van der Waals surface area (Å²) in [5.74, 6) is 0.139. The fraction of sp³-hybridized carbons (Fsp3) is 0.222. The molecule has 2 amide bonds. The molecule has 0 fully saturated rings. The molecule has 1 aliphatic rings. The van der Waals surface area contributed by atoms with Crippen LogP contribution in [0.2, 0.25) is 5.02 Å². The van der Waals surface area contributed by atoms with E-state index in [2.05, 4.69) is 10.6 Å². The molecule has 8 heteroatoms. The van der Waals surface area contributed by atoms with E-state index in [0.29, 0.717) is 24.9 Å². The molecule has 0 aromatic heterocycles. The minimum Gasteiger partial charge on any atom is -0.308 e. The van der Waals surface area contributed by atoms with Crippen LogP contribution in [-0.4, -0.2) is 11.8 Å². The Balaban J connectivity index is 1.77. The summed E-state index contributed by atoms with van der Waals surface area (Å²) in [6.07, 6.45) is -3.38. The number of rotatable bonds is 2. The van der Waals surface area contributed by atoms with Crippen LogP contribution < -0.4 is 10.6 Å². The van der Waals surface area contributed by atoms with Crippen molar-refractivity contribution in [1.82, 2.24) is 0 Å². The molecule has 0 bridgehead atoms. The molecule has 0 spiro atoms. The van der Waals surface area contributed by atoms with E-state index < -0.39 is 22.8 Å². The van der Waals surface area contributed by atoms with Crippen molar-refractivity contribution in [3.63, 3.8) is 0 Å². The molecule has 0 radical (unpaired) electrons. The number of alkyl halides is 3. The van der Waals surface area contributed by atoms with Crippen molar-refractivity contribution in [2.45, 2.75) is 25.4 Å². The fourth-order valence-electron chi connectivity index (χ4n) is 2.88. The zero-order valence-corrected chi connectivity index (χ0v) is 14.2. The molecule has 2 aromatic rings. The maximum Gasteiger partial charge on any atom is 0.417 e. The Labute approximate surface area is 152 Å². The van der Waals surface area contributed by atoms with Gasteiger partial charge < -0.3 is 10.6 Å². The van der Waals surface area contributed by atoms with Gasteiger partial charge in [-0.2, -0.15) is 13.2 Å². The van der Waals surface area contributed by atoms with Gasteiger partial charge in [0, 0.05) is 24.2 Å². The van der Waals surface area contributed by atoms with Crippen LogP contribution in [-0.2, 0) is 23.8 Å². The summed E-state index contributed by atoms with van der Waals surface area (Å²) < 4.78 is 38.7. The molecule has 0 saturated heterocycles. The lowest BCUT2D eigenvalue weighted by Crippen LogP contribution is -2.22. The average molecular weight is 383 g/mol. The van der Waals surface area contributed by atoms with Crippen molar-refractivity contribution in [2.24, 2.45) is 0 Å². The lowest BCUT2D eigenvalue weighted by atomic mass is 9.89. The fourth-order valence-corrected chi connectivity index (χ4v) is 3.11. The first-order valence-electron chi connectivity index (χ1n) is 7.81. The molecule has 4 nitrogen and oxygen atoms in total. The number of carbonyl (C=O) groups excluding carboxylic acids is 2. The van der Waals surface area contributed by atoms with Gasteiger partial charge in [0.2, 0.25) is 0 Å². The van der Waals surface area contributed by atoms with Crippen LogP contribution in [0.4, 0.5) is 29.3 Å². The van der Waals surface area contributed by atoms with Crippen LogP contribution in [0.5, 0.6) is 0 Å². The quantitative estimate of drug-likeness (QED) is 0.762. The lowest BCUT2D eigenvalue weighted by Gasteiger charge is -2.19. The molecule has 3 rings (SSSR count). The van der Waals surface area contributed by atoms with E-state index in [4.69, 9.17) is 11.6 Å². The van der Waals surface area contributed by atoms with Crippen LogP contribution >= 0.6 is 11.6 Å². The normalized spacial score (nSPS) is 13.9. The number of ketones is 1. The van der Waals surface area contributed by atoms with Crippen molar-refractivity contribution in [3.05, 3.63) is 58.1 Å². The predicted molar refractivity (Wildman–Crippen MR) is 92.6 cm³/mol. The van der Waals surface area contributed by atoms with Crippen molar-refractivity contribution < 1.29 is 22.8 Å². The summed E-state index contributed by atoms with van der Waals surface area (Å²) in [5, 5.41) is 4.56. The second-order valence-electron chi connectivity index (χ2n) is 5.93. The summed E-state index contributed by atoms with van der Waals surface area (Å²) in [6.45, 7) is 0. The highest BCUT2D eigenvalue weighted by Gasteiger charge is 2.33. The third kappa shape index (κ3) is 3.99. The van der Waals surface area contributed by atoms with E-state index >= 15 is 0 Å². The van der Waals surface area contributed by atoms with E-state index in [1.165, 1.54) is 6.07 Å². The van der Waals surface area contributed by atoms with Crippen LogP contribution in [0.3, 0.4) is 0 Å². The number of benzene rings is 2. The maximum atomic E-state index is 12.9. The largest absolute Gasteiger partial charge is 0.417 e. The number of nitrogens with one attached hydrogen (secondary N) is 2. The summed E-state index contributed by atoms with van der Waals surface area (Å²) in [5.41, 5.74) is 1.21. The smallest absolute Gasteiger partial charge is 0.308 e. The molecule has 1 aliphatic carbocycles. The topological polar surface area (TPSA) is 58.2 Å². The number of anilines is 2. The zero-order chi connectivity index (χ0) is 18.9. The van der Waals surface area contributed by atoms with Gasteiger partial charge in [-0.25, -0.2) is 4.79 Å². The standard InChI is InChI=1S/C18H14ClF3N2O2/c19-15-7-4-11(9-14(15)18(20,21)22)23-17(26)24-16-3-1-2-10-8-12(25)5-6-13(10)16/h1-4,7,9H,5-6,8H2,(H2,23,24,26). The summed E-state index contributed by atoms with van der Waals surface area (Å²) in [4.78, 5) is 23.7.